The monoisotopic (exact) mass is 507 g/mol. The second-order valence-electron chi connectivity index (χ2n) is 9.06. The number of allylic oxidation sites excluding steroid dienone is 3. The summed E-state index contributed by atoms with van der Waals surface area (Å²) >= 11 is 0. The number of phenols is 1. The van der Waals surface area contributed by atoms with Gasteiger partial charge in [-0.25, -0.2) is 4.79 Å². The van der Waals surface area contributed by atoms with Crippen molar-refractivity contribution in [1.29, 1.82) is 0 Å². The summed E-state index contributed by atoms with van der Waals surface area (Å²) in [5.74, 6) is -0.00799. The van der Waals surface area contributed by atoms with Gasteiger partial charge >= 0.3 is 5.97 Å². The van der Waals surface area contributed by atoms with Crippen molar-refractivity contribution in [3.63, 3.8) is 0 Å². The molecule has 0 spiro atoms. The zero-order valence-electron chi connectivity index (χ0n) is 21.6. The fourth-order valence-corrected chi connectivity index (χ4v) is 5.11. The number of esters is 1. The van der Waals surface area contributed by atoms with Gasteiger partial charge in [-0.3, -0.25) is 4.79 Å². The highest BCUT2D eigenvalue weighted by Gasteiger charge is 2.41. The summed E-state index contributed by atoms with van der Waals surface area (Å²) in [5.41, 5.74) is 3.91. The summed E-state index contributed by atoms with van der Waals surface area (Å²) in [4.78, 5) is 27.0. The van der Waals surface area contributed by atoms with Crippen molar-refractivity contribution in [1.82, 2.24) is 5.32 Å². The Balaban J connectivity index is 1.71. The molecule has 196 valence electrons. The summed E-state index contributed by atoms with van der Waals surface area (Å²) in [6.45, 7) is 4.60. The van der Waals surface area contributed by atoms with Crippen molar-refractivity contribution in [3.05, 3.63) is 76.1 Å². The van der Waals surface area contributed by atoms with Gasteiger partial charge in [-0.1, -0.05) is 18.2 Å². The number of methoxy groups -OCH3 is 2. The molecule has 0 fully saturated rings. The number of aromatic hydroxyl groups is 1. The van der Waals surface area contributed by atoms with Crippen molar-refractivity contribution < 1.29 is 33.6 Å². The molecular weight excluding hydrogens is 474 g/mol. The van der Waals surface area contributed by atoms with E-state index in [4.69, 9.17) is 18.9 Å². The van der Waals surface area contributed by atoms with Gasteiger partial charge in [0.1, 0.15) is 12.4 Å². The Hall–Kier alpha value is -3.78. The minimum absolute atomic E-state index is 0.0611. The first-order chi connectivity index (χ1) is 17.9. The molecule has 0 aromatic heterocycles. The van der Waals surface area contributed by atoms with Gasteiger partial charge in [0.2, 0.25) is 0 Å². The molecule has 1 aliphatic carbocycles. The standard InChI is InChI=1S/C29H33NO7/c1-5-36-11-12-37-29(33)26-17(2)30-22-14-20(18-9-10-24(34-3)25(16-18)35-4)15-23(32)28(22)27(26)19-7-6-8-21(31)13-19/h6-10,13,16,20,27,30-31H,5,11-12,14-15H2,1-4H3/t20-,27-/m0/s1. The molecule has 2 atom stereocenters. The fraction of sp³-hybridized carbons (Fsp3) is 0.379. The van der Waals surface area contributed by atoms with Crippen LogP contribution in [0.2, 0.25) is 0 Å². The molecule has 1 heterocycles. The van der Waals surface area contributed by atoms with Crippen LogP contribution in [-0.4, -0.2) is 50.9 Å². The molecule has 37 heavy (non-hydrogen) atoms. The van der Waals surface area contributed by atoms with Crippen molar-refractivity contribution in [2.75, 3.05) is 34.0 Å². The summed E-state index contributed by atoms with van der Waals surface area (Å²) in [6, 6.07) is 12.4. The van der Waals surface area contributed by atoms with Gasteiger partial charge in [0.05, 0.1) is 26.4 Å². The molecule has 2 N–H and O–H groups in total. The number of rotatable bonds is 9. The molecule has 0 unspecified atom stereocenters. The minimum atomic E-state index is -0.651. The van der Waals surface area contributed by atoms with Gasteiger partial charge in [0, 0.05) is 35.9 Å². The van der Waals surface area contributed by atoms with Crippen LogP contribution in [0.15, 0.2) is 65.0 Å². The Morgan fingerprint density at radius 3 is 2.51 bits per heavy atom. The topological polar surface area (TPSA) is 103 Å². The lowest BCUT2D eigenvalue weighted by Crippen LogP contribution is -2.36. The second-order valence-corrected chi connectivity index (χ2v) is 9.06. The third-order valence-corrected chi connectivity index (χ3v) is 6.79. The predicted molar refractivity (Wildman–Crippen MR) is 138 cm³/mol. The smallest absolute Gasteiger partial charge is 0.336 e. The highest BCUT2D eigenvalue weighted by atomic mass is 16.6. The fourth-order valence-electron chi connectivity index (χ4n) is 5.11. The molecule has 4 rings (SSSR count). The molecule has 8 nitrogen and oxygen atoms in total. The number of benzene rings is 2. The van der Waals surface area contributed by atoms with E-state index in [1.807, 2.05) is 38.1 Å². The van der Waals surface area contributed by atoms with Crippen LogP contribution in [0.5, 0.6) is 17.2 Å². The van der Waals surface area contributed by atoms with E-state index in [0.29, 0.717) is 53.5 Å². The normalized spacial score (nSPS) is 19.3. The molecule has 8 heteroatoms. The third-order valence-electron chi connectivity index (χ3n) is 6.79. The zero-order chi connectivity index (χ0) is 26.5. The van der Waals surface area contributed by atoms with E-state index in [2.05, 4.69) is 5.32 Å². The number of ether oxygens (including phenoxy) is 4. The highest BCUT2D eigenvalue weighted by molar-refractivity contribution is 6.04. The summed E-state index contributed by atoms with van der Waals surface area (Å²) in [5, 5.41) is 13.5. The van der Waals surface area contributed by atoms with Crippen LogP contribution in [0.4, 0.5) is 0 Å². The average molecular weight is 508 g/mol. The average Bonchev–Trinajstić information content (AvgIpc) is 2.89. The first-order valence-electron chi connectivity index (χ1n) is 12.4. The van der Waals surface area contributed by atoms with Gasteiger partial charge in [0.25, 0.3) is 0 Å². The number of carbonyl (C=O) groups is 2. The van der Waals surface area contributed by atoms with E-state index in [9.17, 15) is 14.7 Å². The van der Waals surface area contributed by atoms with Crippen molar-refractivity contribution >= 4 is 11.8 Å². The highest BCUT2D eigenvalue weighted by Crippen LogP contribution is 2.46. The Labute approximate surface area is 216 Å². The number of ketones is 1. The molecule has 0 radical (unpaired) electrons. The van der Waals surface area contributed by atoms with E-state index < -0.39 is 11.9 Å². The molecule has 2 aromatic rings. The van der Waals surface area contributed by atoms with Gasteiger partial charge < -0.3 is 29.4 Å². The van der Waals surface area contributed by atoms with E-state index in [0.717, 1.165) is 11.3 Å². The van der Waals surface area contributed by atoms with E-state index in [1.54, 1.807) is 32.4 Å². The summed E-state index contributed by atoms with van der Waals surface area (Å²) < 4.78 is 21.6. The number of phenolic OH excluding ortho intramolecular Hbond substituents is 1. The first kappa shape index (κ1) is 26.3. The number of hydrogen-bond donors (Lipinski definition) is 2. The molecule has 2 aromatic carbocycles. The van der Waals surface area contributed by atoms with Gasteiger partial charge in [-0.2, -0.15) is 0 Å². The molecule has 1 aliphatic heterocycles. The predicted octanol–water partition coefficient (Wildman–Crippen LogP) is 4.35. The molecule has 2 aliphatic rings. The number of hydrogen-bond acceptors (Lipinski definition) is 8. The van der Waals surface area contributed by atoms with E-state index in [1.165, 1.54) is 0 Å². The van der Waals surface area contributed by atoms with Crippen LogP contribution in [0.25, 0.3) is 0 Å². The molecular formula is C29H33NO7. The number of nitrogens with one attached hydrogen (secondary N) is 1. The SMILES string of the molecule is CCOCCOC(=O)C1=C(C)NC2=C(C(=O)C[C@@H](c3ccc(OC)c(OC)c3)C2)[C@H]1c1cccc(O)c1. The molecule has 0 amide bonds. The summed E-state index contributed by atoms with van der Waals surface area (Å²) in [6.07, 6.45) is 0.854. The largest absolute Gasteiger partial charge is 0.508 e. The van der Waals surface area contributed by atoms with Crippen molar-refractivity contribution in [2.45, 2.75) is 38.5 Å². The van der Waals surface area contributed by atoms with Crippen LogP contribution in [0, 0.1) is 0 Å². The number of dihydropyridines is 1. The Kier molecular flexibility index (Phi) is 8.18. The lowest BCUT2D eigenvalue weighted by molar-refractivity contribution is -0.140. The van der Waals surface area contributed by atoms with Gasteiger partial charge in [-0.15, -0.1) is 0 Å². The van der Waals surface area contributed by atoms with Crippen LogP contribution in [-0.2, 0) is 19.1 Å². The van der Waals surface area contributed by atoms with Crippen LogP contribution >= 0.6 is 0 Å². The number of carbonyl (C=O) groups excluding carboxylic acids is 2. The maximum absolute atomic E-state index is 13.7. The van der Waals surface area contributed by atoms with Gasteiger partial charge in [-0.05, 0) is 61.6 Å². The summed E-state index contributed by atoms with van der Waals surface area (Å²) in [7, 11) is 3.17. The minimum Gasteiger partial charge on any atom is -0.508 e. The molecule has 0 bridgehead atoms. The maximum Gasteiger partial charge on any atom is 0.336 e. The maximum atomic E-state index is 13.7. The molecule has 0 saturated carbocycles. The van der Waals surface area contributed by atoms with Crippen molar-refractivity contribution in [2.24, 2.45) is 0 Å². The van der Waals surface area contributed by atoms with Crippen LogP contribution < -0.4 is 14.8 Å². The van der Waals surface area contributed by atoms with Crippen molar-refractivity contribution in [3.8, 4) is 17.2 Å². The Bertz CT molecular complexity index is 1250. The second kappa shape index (κ2) is 11.5. The number of Topliss-reactive ketones (excluding diaryl/α,β-unsaturated/α-hetero) is 1. The third kappa shape index (κ3) is 5.49. The van der Waals surface area contributed by atoms with Crippen LogP contribution in [0.3, 0.4) is 0 Å². The van der Waals surface area contributed by atoms with E-state index in [-0.39, 0.29) is 30.5 Å². The van der Waals surface area contributed by atoms with Gasteiger partial charge in [0.15, 0.2) is 17.3 Å². The Morgan fingerprint density at radius 2 is 1.81 bits per heavy atom. The first-order valence-corrected chi connectivity index (χ1v) is 12.4. The van der Waals surface area contributed by atoms with E-state index >= 15 is 0 Å². The Morgan fingerprint density at radius 1 is 1.03 bits per heavy atom. The lowest BCUT2D eigenvalue weighted by atomic mass is 9.71. The quantitative estimate of drug-likeness (QED) is 0.381. The molecule has 0 saturated heterocycles. The zero-order valence-corrected chi connectivity index (χ0v) is 21.6. The lowest BCUT2D eigenvalue weighted by Gasteiger charge is -2.36. The van der Waals surface area contributed by atoms with Crippen LogP contribution in [0.1, 0.15) is 49.7 Å².